The third kappa shape index (κ3) is 0.891. The lowest BCUT2D eigenvalue weighted by atomic mass is 9.60. The standard InChI is InChI=1S/C12H19NO/c1-11(2)8-5-6-12(11,3)10(14)7-9(8)13-4/h7-8,13H,5-6H2,1-4H3/t8-,12+/m1/s1. The molecule has 2 atom stereocenters. The molecule has 2 aliphatic rings. The molecule has 2 aliphatic carbocycles. The number of hydrogen-bond donors (Lipinski definition) is 1. The smallest absolute Gasteiger partial charge is 0.163 e. The predicted molar refractivity (Wildman–Crippen MR) is 56.8 cm³/mol. The molecule has 0 aliphatic heterocycles. The summed E-state index contributed by atoms with van der Waals surface area (Å²) in [7, 11) is 1.91. The molecule has 2 bridgehead atoms. The van der Waals surface area contributed by atoms with E-state index in [0.29, 0.717) is 11.7 Å². The van der Waals surface area contributed by atoms with Crippen LogP contribution < -0.4 is 5.32 Å². The fourth-order valence-electron chi connectivity index (χ4n) is 3.13. The highest BCUT2D eigenvalue weighted by atomic mass is 16.1. The van der Waals surface area contributed by atoms with Gasteiger partial charge in [0, 0.05) is 30.2 Å². The molecule has 0 aromatic heterocycles. The molecule has 2 heteroatoms. The summed E-state index contributed by atoms with van der Waals surface area (Å²) in [6.07, 6.45) is 4.00. The fraction of sp³-hybridized carbons (Fsp3) is 0.750. The number of fused-ring (bicyclic) bond motifs is 2. The van der Waals surface area contributed by atoms with Gasteiger partial charge in [-0.3, -0.25) is 4.79 Å². The number of ketones is 1. The molecule has 2 rings (SSSR count). The summed E-state index contributed by atoms with van der Waals surface area (Å²) in [5.41, 5.74) is 1.12. The van der Waals surface area contributed by atoms with Crippen molar-refractivity contribution in [2.45, 2.75) is 33.6 Å². The van der Waals surface area contributed by atoms with Gasteiger partial charge < -0.3 is 5.32 Å². The first-order valence-electron chi connectivity index (χ1n) is 5.37. The maximum Gasteiger partial charge on any atom is 0.163 e. The van der Waals surface area contributed by atoms with Gasteiger partial charge in [0.25, 0.3) is 0 Å². The molecule has 1 N–H and O–H groups in total. The van der Waals surface area contributed by atoms with Crippen molar-refractivity contribution in [3.63, 3.8) is 0 Å². The fourth-order valence-corrected chi connectivity index (χ4v) is 3.13. The predicted octanol–water partition coefficient (Wildman–Crippen LogP) is 2.11. The van der Waals surface area contributed by atoms with Gasteiger partial charge in [-0.1, -0.05) is 20.8 Å². The monoisotopic (exact) mass is 193 g/mol. The maximum absolute atomic E-state index is 12.0. The summed E-state index contributed by atoms with van der Waals surface area (Å²) in [5, 5.41) is 3.18. The zero-order valence-electron chi connectivity index (χ0n) is 9.48. The Morgan fingerprint density at radius 1 is 1.43 bits per heavy atom. The van der Waals surface area contributed by atoms with E-state index in [4.69, 9.17) is 0 Å². The first kappa shape index (κ1) is 9.75. The van der Waals surface area contributed by atoms with E-state index < -0.39 is 0 Å². The minimum atomic E-state index is -0.127. The molecular weight excluding hydrogens is 174 g/mol. The van der Waals surface area contributed by atoms with E-state index in [1.54, 1.807) is 0 Å². The SMILES string of the molecule is CNC1=CC(=O)[C@]2(C)CC[C@H]1C2(C)C. The zero-order chi connectivity index (χ0) is 10.6. The topological polar surface area (TPSA) is 29.1 Å². The van der Waals surface area contributed by atoms with Crippen molar-refractivity contribution in [2.24, 2.45) is 16.7 Å². The van der Waals surface area contributed by atoms with Gasteiger partial charge >= 0.3 is 0 Å². The molecule has 14 heavy (non-hydrogen) atoms. The molecule has 0 spiro atoms. The number of nitrogens with one attached hydrogen (secondary N) is 1. The second-order valence-electron chi connectivity index (χ2n) is 5.36. The average molecular weight is 193 g/mol. The van der Waals surface area contributed by atoms with Crippen LogP contribution in [-0.4, -0.2) is 12.8 Å². The van der Waals surface area contributed by atoms with Gasteiger partial charge in [-0.15, -0.1) is 0 Å². The zero-order valence-corrected chi connectivity index (χ0v) is 9.48. The Labute approximate surface area is 85.8 Å². The van der Waals surface area contributed by atoms with E-state index in [-0.39, 0.29) is 10.8 Å². The highest BCUT2D eigenvalue weighted by Gasteiger charge is 2.58. The summed E-state index contributed by atoms with van der Waals surface area (Å²) >= 11 is 0. The van der Waals surface area contributed by atoms with Crippen LogP contribution in [0.5, 0.6) is 0 Å². The highest BCUT2D eigenvalue weighted by Crippen LogP contribution is 2.60. The Morgan fingerprint density at radius 2 is 2.07 bits per heavy atom. The number of carbonyl (C=O) groups excluding carboxylic acids is 1. The lowest BCUT2D eigenvalue weighted by molar-refractivity contribution is -0.129. The van der Waals surface area contributed by atoms with Crippen LogP contribution in [0.25, 0.3) is 0 Å². The molecule has 0 amide bonds. The first-order valence-corrected chi connectivity index (χ1v) is 5.37. The van der Waals surface area contributed by atoms with Gasteiger partial charge in [0.2, 0.25) is 0 Å². The van der Waals surface area contributed by atoms with Gasteiger partial charge in [-0.25, -0.2) is 0 Å². The molecule has 0 heterocycles. The van der Waals surface area contributed by atoms with E-state index in [0.717, 1.165) is 18.5 Å². The summed E-state index contributed by atoms with van der Waals surface area (Å²) in [6.45, 7) is 6.58. The van der Waals surface area contributed by atoms with Crippen LogP contribution >= 0.6 is 0 Å². The number of carbonyl (C=O) groups is 1. The van der Waals surface area contributed by atoms with Crippen molar-refractivity contribution in [3.05, 3.63) is 11.8 Å². The summed E-state index contributed by atoms with van der Waals surface area (Å²) in [4.78, 5) is 12.0. The van der Waals surface area contributed by atoms with Crippen LogP contribution in [0.2, 0.25) is 0 Å². The van der Waals surface area contributed by atoms with Gasteiger partial charge in [0.1, 0.15) is 0 Å². The molecule has 2 nitrogen and oxygen atoms in total. The van der Waals surface area contributed by atoms with Crippen LogP contribution in [0.3, 0.4) is 0 Å². The quantitative estimate of drug-likeness (QED) is 0.691. The van der Waals surface area contributed by atoms with Crippen LogP contribution in [0.15, 0.2) is 11.8 Å². The lowest BCUT2D eigenvalue weighted by Crippen LogP contribution is -2.45. The first-order chi connectivity index (χ1) is 6.43. The molecule has 1 fully saturated rings. The van der Waals surface area contributed by atoms with Crippen molar-refractivity contribution in [1.82, 2.24) is 5.32 Å². The highest BCUT2D eigenvalue weighted by molar-refractivity contribution is 5.97. The van der Waals surface area contributed by atoms with Crippen LogP contribution in [-0.2, 0) is 4.79 Å². The van der Waals surface area contributed by atoms with Gasteiger partial charge in [0.15, 0.2) is 5.78 Å². The third-order valence-electron chi connectivity index (χ3n) is 4.72. The Balaban J connectivity index is 2.53. The molecule has 0 saturated heterocycles. The van der Waals surface area contributed by atoms with Crippen molar-refractivity contribution in [1.29, 1.82) is 0 Å². The molecule has 0 aromatic rings. The van der Waals surface area contributed by atoms with E-state index in [2.05, 4.69) is 26.1 Å². The van der Waals surface area contributed by atoms with Crippen LogP contribution in [0, 0.1) is 16.7 Å². The minimum Gasteiger partial charge on any atom is -0.391 e. The molecule has 0 unspecified atom stereocenters. The normalized spacial score (nSPS) is 39.6. The van der Waals surface area contributed by atoms with Crippen molar-refractivity contribution in [3.8, 4) is 0 Å². The summed E-state index contributed by atoms with van der Waals surface area (Å²) in [5.74, 6) is 0.843. The van der Waals surface area contributed by atoms with Gasteiger partial charge in [-0.05, 0) is 18.3 Å². The van der Waals surface area contributed by atoms with Crippen molar-refractivity contribution in [2.75, 3.05) is 7.05 Å². The second kappa shape index (κ2) is 2.62. The molecule has 0 aromatic carbocycles. The molecule has 1 saturated carbocycles. The largest absolute Gasteiger partial charge is 0.391 e. The minimum absolute atomic E-state index is 0.108. The van der Waals surface area contributed by atoms with Crippen LogP contribution in [0.1, 0.15) is 33.6 Å². The van der Waals surface area contributed by atoms with Crippen LogP contribution in [0.4, 0.5) is 0 Å². The Kier molecular flexibility index (Phi) is 1.82. The lowest BCUT2D eigenvalue weighted by Gasteiger charge is -2.44. The molecule has 0 radical (unpaired) electrons. The van der Waals surface area contributed by atoms with E-state index in [9.17, 15) is 4.79 Å². The van der Waals surface area contributed by atoms with Crippen molar-refractivity contribution < 1.29 is 4.79 Å². The third-order valence-corrected chi connectivity index (χ3v) is 4.72. The number of allylic oxidation sites excluding steroid dienone is 2. The number of rotatable bonds is 1. The Morgan fingerprint density at radius 3 is 2.64 bits per heavy atom. The van der Waals surface area contributed by atoms with Crippen molar-refractivity contribution >= 4 is 5.78 Å². The van der Waals surface area contributed by atoms with Gasteiger partial charge in [0.05, 0.1) is 0 Å². The molecule has 78 valence electrons. The Hall–Kier alpha value is -0.790. The Bertz CT molecular complexity index is 316. The summed E-state index contributed by atoms with van der Waals surface area (Å²) in [6, 6.07) is 0. The van der Waals surface area contributed by atoms with E-state index in [1.807, 2.05) is 13.1 Å². The number of hydrogen-bond acceptors (Lipinski definition) is 2. The second-order valence-corrected chi connectivity index (χ2v) is 5.36. The van der Waals surface area contributed by atoms with Gasteiger partial charge in [-0.2, -0.15) is 0 Å². The maximum atomic E-state index is 12.0. The van der Waals surface area contributed by atoms with E-state index >= 15 is 0 Å². The van der Waals surface area contributed by atoms with E-state index in [1.165, 1.54) is 0 Å². The summed E-state index contributed by atoms with van der Waals surface area (Å²) < 4.78 is 0. The molecular formula is C12H19NO. The average Bonchev–Trinajstić information content (AvgIpc) is 2.29.